The van der Waals surface area contributed by atoms with Crippen molar-refractivity contribution in [3.05, 3.63) is 63.6 Å². The number of benzene rings is 2. The van der Waals surface area contributed by atoms with E-state index in [1.165, 1.54) is 0 Å². The molecule has 1 unspecified atom stereocenters. The lowest BCUT2D eigenvalue weighted by Crippen LogP contribution is -2.01. The second-order valence-corrected chi connectivity index (χ2v) is 5.69. The van der Waals surface area contributed by atoms with E-state index in [4.69, 9.17) is 16.3 Å². The van der Waals surface area contributed by atoms with Gasteiger partial charge in [0.05, 0.1) is 17.0 Å². The molecule has 0 saturated carbocycles. The van der Waals surface area contributed by atoms with Crippen LogP contribution in [-0.4, -0.2) is 7.11 Å². The molecule has 106 valence electrons. The van der Waals surface area contributed by atoms with Crippen molar-refractivity contribution in [3.8, 4) is 5.75 Å². The van der Waals surface area contributed by atoms with Crippen molar-refractivity contribution in [2.75, 3.05) is 7.11 Å². The van der Waals surface area contributed by atoms with Gasteiger partial charge in [0.1, 0.15) is 17.4 Å². The highest BCUT2D eigenvalue weighted by molar-refractivity contribution is 9.10. The molecule has 1 nitrogen and oxygen atoms in total. The Bertz CT molecular complexity index is 619. The molecule has 0 amide bonds. The maximum Gasteiger partial charge on any atom is 0.137 e. The van der Waals surface area contributed by atoms with Gasteiger partial charge < -0.3 is 4.74 Å². The second kappa shape index (κ2) is 6.55. The molecule has 0 aliphatic rings. The summed E-state index contributed by atoms with van der Waals surface area (Å²) in [7, 11) is 1.57. The number of methoxy groups -OCH3 is 1. The zero-order valence-corrected chi connectivity index (χ0v) is 13.0. The van der Waals surface area contributed by atoms with Crippen molar-refractivity contribution in [1.82, 2.24) is 0 Å². The number of rotatable bonds is 4. The van der Waals surface area contributed by atoms with E-state index in [1.807, 2.05) is 24.3 Å². The summed E-state index contributed by atoms with van der Waals surface area (Å²) in [6, 6.07) is 9.54. The molecule has 0 aromatic heterocycles. The van der Waals surface area contributed by atoms with E-state index >= 15 is 0 Å². The van der Waals surface area contributed by atoms with Crippen LogP contribution in [0.1, 0.15) is 16.5 Å². The molecule has 2 aromatic rings. The highest BCUT2D eigenvalue weighted by Crippen LogP contribution is 2.31. The Morgan fingerprint density at radius 1 is 1.20 bits per heavy atom. The topological polar surface area (TPSA) is 9.23 Å². The summed E-state index contributed by atoms with van der Waals surface area (Å²) in [6.07, 6.45) is 0.386. The average Bonchev–Trinajstić information content (AvgIpc) is 2.43. The van der Waals surface area contributed by atoms with Crippen LogP contribution in [0.3, 0.4) is 0 Å². The van der Waals surface area contributed by atoms with Gasteiger partial charge in [-0.2, -0.15) is 0 Å². The SMILES string of the molecule is COc1cccc(CC(Cl)c2cc(F)c(Br)cc2F)c1. The van der Waals surface area contributed by atoms with Crippen LogP contribution < -0.4 is 4.74 Å². The van der Waals surface area contributed by atoms with Crippen molar-refractivity contribution >= 4 is 27.5 Å². The van der Waals surface area contributed by atoms with Gasteiger partial charge in [0, 0.05) is 5.56 Å². The van der Waals surface area contributed by atoms with Gasteiger partial charge in [0.2, 0.25) is 0 Å². The first kappa shape index (κ1) is 15.3. The highest BCUT2D eigenvalue weighted by atomic mass is 79.9. The molecule has 0 N–H and O–H groups in total. The quantitative estimate of drug-likeness (QED) is 0.533. The van der Waals surface area contributed by atoms with Crippen LogP contribution in [0.2, 0.25) is 0 Å². The van der Waals surface area contributed by atoms with E-state index in [9.17, 15) is 8.78 Å². The minimum atomic E-state index is -0.648. The fourth-order valence-corrected chi connectivity index (χ4v) is 2.56. The minimum Gasteiger partial charge on any atom is -0.497 e. The van der Waals surface area contributed by atoms with Crippen molar-refractivity contribution in [1.29, 1.82) is 0 Å². The van der Waals surface area contributed by atoms with Gasteiger partial charge >= 0.3 is 0 Å². The summed E-state index contributed by atoms with van der Waals surface area (Å²) in [6.45, 7) is 0. The smallest absolute Gasteiger partial charge is 0.137 e. The molecule has 0 radical (unpaired) electrons. The largest absolute Gasteiger partial charge is 0.497 e. The summed E-state index contributed by atoms with van der Waals surface area (Å²) in [5.41, 5.74) is 1.04. The summed E-state index contributed by atoms with van der Waals surface area (Å²) in [5.74, 6) is -0.354. The second-order valence-electron chi connectivity index (χ2n) is 4.31. The molecule has 0 spiro atoms. The predicted octanol–water partition coefficient (Wildman–Crippen LogP) is 5.26. The Labute approximate surface area is 129 Å². The lowest BCUT2D eigenvalue weighted by molar-refractivity contribution is 0.414. The molecule has 2 rings (SSSR count). The van der Waals surface area contributed by atoms with Gasteiger partial charge in [-0.1, -0.05) is 12.1 Å². The van der Waals surface area contributed by atoms with Crippen molar-refractivity contribution in [2.45, 2.75) is 11.8 Å². The zero-order valence-electron chi connectivity index (χ0n) is 10.7. The predicted molar refractivity (Wildman–Crippen MR) is 79.4 cm³/mol. The normalized spacial score (nSPS) is 12.2. The highest BCUT2D eigenvalue weighted by Gasteiger charge is 2.17. The summed E-state index contributed by atoms with van der Waals surface area (Å²) >= 11 is 9.14. The molecule has 5 heteroatoms. The average molecular weight is 362 g/mol. The molecule has 1 atom stereocenters. The molecule has 0 aliphatic heterocycles. The molecule has 2 aromatic carbocycles. The van der Waals surface area contributed by atoms with Gasteiger partial charge in [0.25, 0.3) is 0 Å². The zero-order chi connectivity index (χ0) is 14.7. The van der Waals surface area contributed by atoms with E-state index in [-0.39, 0.29) is 10.0 Å². The van der Waals surface area contributed by atoms with E-state index in [0.717, 1.165) is 17.7 Å². The number of halogens is 4. The third-order valence-corrected chi connectivity index (χ3v) is 3.92. The molecular formula is C15H12BrClF2O. The first-order chi connectivity index (χ1) is 9.51. The summed E-state index contributed by atoms with van der Waals surface area (Å²) in [5, 5.41) is -0.648. The number of hydrogen-bond donors (Lipinski definition) is 0. The van der Waals surface area contributed by atoms with E-state index in [1.54, 1.807) is 7.11 Å². The summed E-state index contributed by atoms with van der Waals surface area (Å²) in [4.78, 5) is 0. The monoisotopic (exact) mass is 360 g/mol. The van der Waals surface area contributed by atoms with E-state index in [0.29, 0.717) is 12.2 Å². The first-order valence-electron chi connectivity index (χ1n) is 5.92. The number of alkyl halides is 1. The Morgan fingerprint density at radius 3 is 2.65 bits per heavy atom. The Balaban J connectivity index is 2.23. The van der Waals surface area contributed by atoms with Crippen LogP contribution in [0.25, 0.3) is 0 Å². The Kier molecular flexibility index (Phi) is 5.00. The molecule has 0 aliphatic carbocycles. The fraction of sp³-hybridized carbons (Fsp3) is 0.200. The Morgan fingerprint density at radius 2 is 1.95 bits per heavy atom. The third-order valence-electron chi connectivity index (χ3n) is 2.93. The standard InChI is InChI=1S/C15H12BrClF2O/c1-20-10-4-2-3-9(5-10)6-13(17)11-7-15(19)12(16)8-14(11)18/h2-5,7-8,13H,6H2,1H3. The molecule has 0 heterocycles. The lowest BCUT2D eigenvalue weighted by atomic mass is 10.0. The van der Waals surface area contributed by atoms with Gasteiger partial charge in [-0.3, -0.25) is 0 Å². The van der Waals surface area contributed by atoms with Gasteiger partial charge in [-0.15, -0.1) is 11.6 Å². The van der Waals surface area contributed by atoms with Crippen LogP contribution in [0.15, 0.2) is 40.9 Å². The van der Waals surface area contributed by atoms with Crippen molar-refractivity contribution in [3.63, 3.8) is 0 Å². The van der Waals surface area contributed by atoms with Crippen molar-refractivity contribution < 1.29 is 13.5 Å². The molecule has 0 bridgehead atoms. The third kappa shape index (κ3) is 3.49. The van der Waals surface area contributed by atoms with Crippen LogP contribution in [-0.2, 0) is 6.42 Å². The maximum absolute atomic E-state index is 13.8. The molecule has 0 fully saturated rings. The lowest BCUT2D eigenvalue weighted by Gasteiger charge is -2.12. The minimum absolute atomic E-state index is 0.0870. The fourth-order valence-electron chi connectivity index (χ4n) is 1.89. The van der Waals surface area contributed by atoms with Gasteiger partial charge in [-0.05, 0) is 52.2 Å². The van der Waals surface area contributed by atoms with Crippen LogP contribution >= 0.6 is 27.5 Å². The van der Waals surface area contributed by atoms with Gasteiger partial charge in [0.15, 0.2) is 0 Å². The van der Waals surface area contributed by atoms with Gasteiger partial charge in [-0.25, -0.2) is 8.78 Å². The molecule has 20 heavy (non-hydrogen) atoms. The van der Waals surface area contributed by atoms with E-state index in [2.05, 4.69) is 15.9 Å². The van der Waals surface area contributed by atoms with Crippen LogP contribution in [0.5, 0.6) is 5.75 Å². The number of ether oxygens (including phenoxy) is 1. The molecule has 0 saturated heterocycles. The van der Waals surface area contributed by atoms with Crippen LogP contribution in [0.4, 0.5) is 8.78 Å². The van der Waals surface area contributed by atoms with Crippen LogP contribution in [0, 0.1) is 11.6 Å². The first-order valence-corrected chi connectivity index (χ1v) is 7.15. The van der Waals surface area contributed by atoms with E-state index < -0.39 is 17.0 Å². The molecular weight excluding hydrogens is 350 g/mol. The number of hydrogen-bond acceptors (Lipinski definition) is 1. The maximum atomic E-state index is 13.8. The Hall–Kier alpha value is -1.13. The van der Waals surface area contributed by atoms with Crippen molar-refractivity contribution in [2.24, 2.45) is 0 Å². The summed E-state index contributed by atoms with van der Waals surface area (Å²) < 4.78 is 32.5.